The third-order valence-electron chi connectivity index (χ3n) is 3.21. The van der Waals surface area contributed by atoms with Gasteiger partial charge >= 0.3 is 0 Å². The molecule has 0 unspecified atom stereocenters. The lowest BCUT2D eigenvalue weighted by molar-refractivity contribution is -0.0204. The van der Waals surface area contributed by atoms with Crippen LogP contribution in [0.25, 0.3) is 10.2 Å². The first kappa shape index (κ1) is 14.2. The maximum atomic E-state index is 5.71. The van der Waals surface area contributed by atoms with E-state index in [1.807, 2.05) is 20.8 Å². The lowest BCUT2D eigenvalue weighted by atomic mass is 10.1. The number of ether oxygens (including phenoxy) is 1. The molecule has 6 heteroatoms. The second-order valence-electron chi connectivity index (χ2n) is 4.95. The molecule has 0 aromatic carbocycles. The summed E-state index contributed by atoms with van der Waals surface area (Å²) in [5.41, 5.74) is 3.33. The number of nitrogens with zero attached hydrogens (tertiary/aromatic N) is 2. The van der Waals surface area contributed by atoms with E-state index in [4.69, 9.17) is 10.6 Å². The molecule has 0 fully saturated rings. The van der Waals surface area contributed by atoms with Crippen LogP contribution in [-0.4, -0.2) is 16.6 Å². The molecule has 5 nitrogen and oxygen atoms in total. The van der Waals surface area contributed by atoms with Crippen molar-refractivity contribution in [3.8, 4) is 0 Å². The zero-order valence-corrected chi connectivity index (χ0v) is 12.8. The third kappa shape index (κ3) is 2.43. The van der Waals surface area contributed by atoms with Crippen LogP contribution >= 0.6 is 11.3 Å². The maximum Gasteiger partial charge on any atom is 0.163 e. The van der Waals surface area contributed by atoms with Crippen molar-refractivity contribution in [3.63, 3.8) is 0 Å². The molecule has 0 saturated heterocycles. The first-order valence-electron chi connectivity index (χ1n) is 6.29. The number of fused-ring (bicyclic) bond motifs is 1. The molecule has 2 heterocycles. The van der Waals surface area contributed by atoms with Crippen LogP contribution in [-0.2, 0) is 10.3 Å². The minimum atomic E-state index is -0.527. The van der Waals surface area contributed by atoms with Crippen LogP contribution in [0.4, 0.5) is 5.82 Å². The number of rotatable bonds is 4. The fourth-order valence-corrected chi connectivity index (χ4v) is 3.08. The van der Waals surface area contributed by atoms with Gasteiger partial charge in [-0.05, 0) is 40.2 Å². The molecule has 0 spiro atoms. The summed E-state index contributed by atoms with van der Waals surface area (Å²) in [4.78, 5) is 11.3. The summed E-state index contributed by atoms with van der Waals surface area (Å²) < 4.78 is 5.71. The van der Waals surface area contributed by atoms with E-state index in [0.29, 0.717) is 18.2 Å². The van der Waals surface area contributed by atoms with E-state index in [1.165, 1.54) is 10.4 Å². The van der Waals surface area contributed by atoms with Crippen molar-refractivity contribution >= 4 is 27.4 Å². The van der Waals surface area contributed by atoms with Gasteiger partial charge in [-0.1, -0.05) is 0 Å². The van der Waals surface area contributed by atoms with E-state index in [9.17, 15) is 0 Å². The van der Waals surface area contributed by atoms with Gasteiger partial charge in [0.05, 0.1) is 5.39 Å². The lowest BCUT2D eigenvalue weighted by Crippen LogP contribution is -2.25. The molecule has 0 radical (unpaired) electrons. The molecule has 0 aliphatic rings. The second-order valence-corrected chi connectivity index (χ2v) is 6.15. The molecule has 0 atom stereocenters. The SMILES string of the molecule is CCOC(C)(C)c1nc(NN)c2c(C)c(C)sc2n1. The van der Waals surface area contributed by atoms with Crippen LogP contribution in [0.1, 0.15) is 37.0 Å². The van der Waals surface area contributed by atoms with Gasteiger partial charge in [0.25, 0.3) is 0 Å². The Kier molecular flexibility index (Phi) is 3.75. The van der Waals surface area contributed by atoms with Crippen LogP contribution in [0.2, 0.25) is 0 Å². The summed E-state index contributed by atoms with van der Waals surface area (Å²) in [6, 6.07) is 0. The number of hydrazine groups is 1. The first-order valence-corrected chi connectivity index (χ1v) is 7.11. The van der Waals surface area contributed by atoms with Crippen molar-refractivity contribution in [2.24, 2.45) is 5.84 Å². The van der Waals surface area contributed by atoms with Gasteiger partial charge in [0.15, 0.2) is 11.6 Å². The molecule has 0 bridgehead atoms. The van der Waals surface area contributed by atoms with Crippen molar-refractivity contribution in [1.29, 1.82) is 0 Å². The van der Waals surface area contributed by atoms with E-state index < -0.39 is 5.60 Å². The molecule has 0 amide bonds. The standard InChI is InChI=1S/C13H20N4OS/c1-6-18-13(4,5)12-15-10(17-14)9-7(2)8(3)19-11(9)16-12/h6,14H2,1-5H3,(H,15,16,17). The predicted molar refractivity (Wildman–Crippen MR) is 79.4 cm³/mol. The van der Waals surface area contributed by atoms with Crippen LogP contribution < -0.4 is 11.3 Å². The minimum absolute atomic E-state index is 0.527. The molecule has 19 heavy (non-hydrogen) atoms. The van der Waals surface area contributed by atoms with Crippen molar-refractivity contribution < 1.29 is 4.74 Å². The van der Waals surface area contributed by atoms with E-state index in [0.717, 1.165) is 10.2 Å². The summed E-state index contributed by atoms with van der Waals surface area (Å²) in [6.07, 6.45) is 0. The monoisotopic (exact) mass is 280 g/mol. The van der Waals surface area contributed by atoms with Crippen LogP contribution in [0.5, 0.6) is 0 Å². The van der Waals surface area contributed by atoms with Gasteiger partial charge in [0.1, 0.15) is 10.4 Å². The van der Waals surface area contributed by atoms with Gasteiger partial charge in [-0.2, -0.15) is 0 Å². The Morgan fingerprint density at radius 2 is 2.00 bits per heavy atom. The third-order valence-corrected chi connectivity index (χ3v) is 4.31. The Labute approximate surface area is 117 Å². The van der Waals surface area contributed by atoms with Crippen molar-refractivity contribution in [2.75, 3.05) is 12.0 Å². The van der Waals surface area contributed by atoms with Crippen molar-refractivity contribution in [3.05, 3.63) is 16.3 Å². The highest BCUT2D eigenvalue weighted by atomic mass is 32.1. The normalized spacial score (nSPS) is 12.1. The topological polar surface area (TPSA) is 73.1 Å². The van der Waals surface area contributed by atoms with Gasteiger partial charge in [-0.15, -0.1) is 11.3 Å². The van der Waals surface area contributed by atoms with Crippen LogP contribution in [0, 0.1) is 13.8 Å². The second kappa shape index (κ2) is 5.03. The van der Waals surface area contributed by atoms with E-state index >= 15 is 0 Å². The van der Waals surface area contributed by atoms with Crippen molar-refractivity contribution in [1.82, 2.24) is 9.97 Å². The van der Waals surface area contributed by atoms with E-state index in [2.05, 4.69) is 29.2 Å². The quantitative estimate of drug-likeness (QED) is 0.665. The predicted octanol–water partition coefficient (Wildman–Crippen LogP) is 2.87. The molecule has 104 valence electrons. The fourth-order valence-electron chi connectivity index (χ4n) is 2.05. The number of nitrogens with one attached hydrogen (secondary N) is 1. The molecule has 0 saturated carbocycles. The van der Waals surface area contributed by atoms with E-state index in [1.54, 1.807) is 11.3 Å². The number of aryl methyl sites for hydroxylation is 2. The largest absolute Gasteiger partial charge is 0.368 e. The number of aromatic nitrogens is 2. The first-order chi connectivity index (χ1) is 8.90. The zero-order valence-electron chi connectivity index (χ0n) is 12.0. The highest BCUT2D eigenvalue weighted by Gasteiger charge is 2.26. The average Bonchev–Trinajstić information content (AvgIpc) is 2.64. The summed E-state index contributed by atoms with van der Waals surface area (Å²) >= 11 is 1.65. The minimum Gasteiger partial charge on any atom is -0.368 e. The average molecular weight is 280 g/mol. The number of hydrogen-bond acceptors (Lipinski definition) is 6. The molecule has 3 N–H and O–H groups in total. The summed E-state index contributed by atoms with van der Waals surface area (Å²) in [7, 11) is 0. The Morgan fingerprint density at radius 3 is 2.58 bits per heavy atom. The van der Waals surface area contributed by atoms with Crippen LogP contribution in [0.3, 0.4) is 0 Å². The summed E-state index contributed by atoms with van der Waals surface area (Å²) in [5.74, 6) is 6.91. The number of hydrogen-bond donors (Lipinski definition) is 2. The maximum absolute atomic E-state index is 5.71. The Morgan fingerprint density at radius 1 is 1.32 bits per heavy atom. The Balaban J connectivity index is 2.66. The van der Waals surface area contributed by atoms with E-state index in [-0.39, 0.29) is 0 Å². The van der Waals surface area contributed by atoms with Crippen LogP contribution in [0.15, 0.2) is 0 Å². The number of nitrogens with two attached hydrogens (primary N) is 1. The molecule has 2 aromatic rings. The highest BCUT2D eigenvalue weighted by molar-refractivity contribution is 7.18. The summed E-state index contributed by atoms with van der Waals surface area (Å²) in [6.45, 7) is 10.6. The Hall–Kier alpha value is -1.24. The molecule has 0 aliphatic carbocycles. The zero-order chi connectivity index (χ0) is 14.2. The number of anilines is 1. The van der Waals surface area contributed by atoms with Gasteiger partial charge in [0.2, 0.25) is 0 Å². The Bertz CT molecular complexity index is 606. The fraction of sp³-hybridized carbons (Fsp3) is 0.538. The lowest BCUT2D eigenvalue weighted by Gasteiger charge is -2.23. The molecular weight excluding hydrogens is 260 g/mol. The van der Waals surface area contributed by atoms with Gasteiger partial charge in [0, 0.05) is 11.5 Å². The summed E-state index contributed by atoms with van der Waals surface area (Å²) in [5, 5.41) is 1.00. The van der Waals surface area contributed by atoms with Gasteiger partial charge in [-0.25, -0.2) is 15.8 Å². The van der Waals surface area contributed by atoms with Gasteiger partial charge in [-0.3, -0.25) is 0 Å². The van der Waals surface area contributed by atoms with Crippen molar-refractivity contribution in [2.45, 2.75) is 40.2 Å². The van der Waals surface area contributed by atoms with Gasteiger partial charge < -0.3 is 10.2 Å². The number of nitrogen functional groups attached to an aromatic ring is 1. The number of thiophene rings is 1. The molecular formula is C13H20N4OS. The molecule has 2 aromatic heterocycles. The molecule has 0 aliphatic heterocycles. The molecule has 2 rings (SSSR count). The smallest absolute Gasteiger partial charge is 0.163 e. The highest BCUT2D eigenvalue weighted by Crippen LogP contribution is 2.35.